The molecule has 10 heteroatoms. The van der Waals surface area contributed by atoms with Crippen LogP contribution in [0.3, 0.4) is 0 Å². The normalized spacial score (nSPS) is 12.5. The monoisotopic (exact) mass is 452 g/mol. The molecule has 170 valence electrons. The van der Waals surface area contributed by atoms with Crippen LogP contribution in [0.15, 0.2) is 41.3 Å². The van der Waals surface area contributed by atoms with Crippen LogP contribution in [0.1, 0.15) is 39.3 Å². The molecule has 0 spiro atoms. The third-order valence-electron chi connectivity index (χ3n) is 4.53. The molecule has 0 aromatic heterocycles. The SMILES string of the molecule is CCOc1ccc(C(NS(=O)(=O)c2ccc(OC)c([N+](=O)[O-])c2)C(C)C)cc1OCC. The van der Waals surface area contributed by atoms with Crippen LogP contribution in [-0.2, 0) is 10.0 Å². The van der Waals surface area contributed by atoms with E-state index in [0.29, 0.717) is 30.3 Å². The molecule has 0 bridgehead atoms. The predicted octanol–water partition coefficient (Wildman–Crippen LogP) is 4.08. The van der Waals surface area contributed by atoms with Crippen molar-refractivity contribution in [1.29, 1.82) is 0 Å². The number of nitro benzene ring substituents is 1. The maximum Gasteiger partial charge on any atom is 0.312 e. The lowest BCUT2D eigenvalue weighted by atomic mass is 9.97. The zero-order valence-corrected chi connectivity index (χ0v) is 19.1. The van der Waals surface area contributed by atoms with Gasteiger partial charge in [-0.25, -0.2) is 13.1 Å². The standard InChI is InChI=1S/C21H28N2O7S/c1-6-29-19-10-8-15(12-20(19)30-7-2)21(14(3)4)22-31(26,27)16-9-11-18(28-5)17(13-16)23(24)25/h8-14,21-22H,6-7H2,1-5H3. The summed E-state index contributed by atoms with van der Waals surface area (Å²) in [5, 5.41) is 11.3. The Morgan fingerprint density at radius 2 is 1.61 bits per heavy atom. The first-order valence-electron chi connectivity index (χ1n) is 9.88. The molecule has 0 aliphatic carbocycles. The number of sulfonamides is 1. The number of benzene rings is 2. The minimum Gasteiger partial charge on any atom is -0.490 e. The number of nitrogens with one attached hydrogen (secondary N) is 1. The van der Waals surface area contributed by atoms with Gasteiger partial charge >= 0.3 is 5.69 Å². The molecule has 2 aromatic carbocycles. The van der Waals surface area contributed by atoms with Crippen molar-refractivity contribution in [3.63, 3.8) is 0 Å². The van der Waals surface area contributed by atoms with E-state index in [9.17, 15) is 18.5 Å². The summed E-state index contributed by atoms with van der Waals surface area (Å²) in [4.78, 5) is 10.4. The Labute approximate surface area is 182 Å². The highest BCUT2D eigenvalue weighted by Crippen LogP contribution is 2.34. The molecule has 31 heavy (non-hydrogen) atoms. The van der Waals surface area contributed by atoms with Gasteiger partial charge in [-0.15, -0.1) is 0 Å². The lowest BCUT2D eigenvalue weighted by Gasteiger charge is -2.24. The Balaban J connectivity index is 2.44. The van der Waals surface area contributed by atoms with Crippen molar-refractivity contribution in [1.82, 2.24) is 4.72 Å². The summed E-state index contributed by atoms with van der Waals surface area (Å²) >= 11 is 0. The van der Waals surface area contributed by atoms with Crippen molar-refractivity contribution in [2.75, 3.05) is 20.3 Å². The minimum atomic E-state index is -4.06. The third-order valence-corrected chi connectivity index (χ3v) is 5.97. The Kier molecular flexibility index (Phi) is 8.23. The number of hydrogen-bond donors (Lipinski definition) is 1. The molecule has 1 atom stereocenters. The van der Waals surface area contributed by atoms with Crippen molar-refractivity contribution < 1.29 is 27.6 Å². The first-order valence-corrected chi connectivity index (χ1v) is 11.4. The van der Waals surface area contributed by atoms with Gasteiger partial charge in [-0.1, -0.05) is 19.9 Å². The van der Waals surface area contributed by atoms with Gasteiger partial charge in [-0.05, 0) is 49.6 Å². The van der Waals surface area contributed by atoms with Crippen molar-refractivity contribution in [2.45, 2.75) is 38.6 Å². The van der Waals surface area contributed by atoms with Crippen LogP contribution in [0.4, 0.5) is 5.69 Å². The Morgan fingerprint density at radius 1 is 1.00 bits per heavy atom. The molecule has 0 amide bonds. The Morgan fingerprint density at radius 3 is 2.16 bits per heavy atom. The fraction of sp³-hybridized carbons (Fsp3) is 0.429. The lowest BCUT2D eigenvalue weighted by Crippen LogP contribution is -2.32. The van der Waals surface area contributed by atoms with Gasteiger partial charge in [0.2, 0.25) is 10.0 Å². The molecule has 0 aliphatic rings. The average Bonchev–Trinajstić information content (AvgIpc) is 2.73. The lowest BCUT2D eigenvalue weighted by molar-refractivity contribution is -0.386. The summed E-state index contributed by atoms with van der Waals surface area (Å²) < 4.78 is 44.9. The number of methoxy groups -OCH3 is 1. The Hall–Kier alpha value is -2.85. The largest absolute Gasteiger partial charge is 0.490 e. The molecule has 1 N–H and O–H groups in total. The van der Waals surface area contributed by atoms with E-state index in [1.165, 1.54) is 19.2 Å². The van der Waals surface area contributed by atoms with Crippen LogP contribution in [0, 0.1) is 16.0 Å². The molecule has 2 rings (SSSR count). The van der Waals surface area contributed by atoms with Crippen LogP contribution < -0.4 is 18.9 Å². The molecule has 0 radical (unpaired) electrons. The van der Waals surface area contributed by atoms with Gasteiger partial charge in [0, 0.05) is 12.1 Å². The number of nitrogens with zero attached hydrogens (tertiary/aromatic N) is 1. The van der Waals surface area contributed by atoms with Gasteiger partial charge in [-0.3, -0.25) is 10.1 Å². The van der Waals surface area contributed by atoms with E-state index in [-0.39, 0.29) is 16.6 Å². The molecule has 0 aliphatic heterocycles. The molecule has 2 aromatic rings. The second-order valence-electron chi connectivity index (χ2n) is 7.01. The first kappa shape index (κ1) is 24.4. The van der Waals surface area contributed by atoms with Gasteiger partial charge in [0.25, 0.3) is 0 Å². The summed E-state index contributed by atoms with van der Waals surface area (Å²) in [6, 6.07) is 8.20. The van der Waals surface area contributed by atoms with Gasteiger partial charge in [0.05, 0.1) is 30.1 Å². The smallest absolute Gasteiger partial charge is 0.312 e. The molecular weight excluding hydrogens is 424 g/mol. The van der Waals surface area contributed by atoms with E-state index >= 15 is 0 Å². The summed E-state index contributed by atoms with van der Waals surface area (Å²) in [6.45, 7) is 8.36. The first-order chi connectivity index (χ1) is 14.6. The van der Waals surface area contributed by atoms with Crippen molar-refractivity contribution in [3.8, 4) is 17.2 Å². The van der Waals surface area contributed by atoms with Crippen LogP contribution in [-0.4, -0.2) is 33.7 Å². The minimum absolute atomic E-state index is 0.0165. The van der Waals surface area contributed by atoms with Crippen molar-refractivity contribution in [3.05, 3.63) is 52.1 Å². The maximum absolute atomic E-state index is 13.0. The average molecular weight is 453 g/mol. The highest BCUT2D eigenvalue weighted by molar-refractivity contribution is 7.89. The van der Waals surface area contributed by atoms with E-state index < -0.39 is 26.7 Å². The van der Waals surface area contributed by atoms with Gasteiger partial charge in [0.15, 0.2) is 17.2 Å². The van der Waals surface area contributed by atoms with Crippen LogP contribution in [0.25, 0.3) is 0 Å². The van der Waals surface area contributed by atoms with Crippen molar-refractivity contribution >= 4 is 15.7 Å². The third kappa shape index (κ3) is 5.86. The second-order valence-corrected chi connectivity index (χ2v) is 8.72. The molecular formula is C21H28N2O7S. The van der Waals surface area contributed by atoms with Gasteiger partial charge in [0.1, 0.15) is 0 Å². The summed E-state index contributed by atoms with van der Waals surface area (Å²) in [5.41, 5.74) is 0.264. The molecule has 0 heterocycles. The summed E-state index contributed by atoms with van der Waals surface area (Å²) in [7, 11) is -2.78. The van der Waals surface area contributed by atoms with Crippen LogP contribution in [0.5, 0.6) is 17.2 Å². The number of ether oxygens (including phenoxy) is 3. The van der Waals surface area contributed by atoms with E-state index in [2.05, 4.69) is 4.72 Å². The van der Waals surface area contributed by atoms with Gasteiger partial charge < -0.3 is 14.2 Å². The molecule has 0 saturated carbocycles. The highest BCUT2D eigenvalue weighted by Gasteiger charge is 2.27. The molecule has 9 nitrogen and oxygen atoms in total. The zero-order valence-electron chi connectivity index (χ0n) is 18.2. The van der Waals surface area contributed by atoms with Crippen LogP contribution in [0.2, 0.25) is 0 Å². The van der Waals surface area contributed by atoms with E-state index in [4.69, 9.17) is 14.2 Å². The fourth-order valence-corrected chi connectivity index (χ4v) is 4.46. The van der Waals surface area contributed by atoms with Crippen molar-refractivity contribution in [2.24, 2.45) is 5.92 Å². The Bertz CT molecular complexity index is 1020. The fourth-order valence-electron chi connectivity index (χ4n) is 3.07. The molecule has 0 fully saturated rings. The van der Waals surface area contributed by atoms with E-state index in [0.717, 1.165) is 6.07 Å². The summed E-state index contributed by atoms with van der Waals surface area (Å²) in [6.07, 6.45) is 0. The van der Waals surface area contributed by atoms with Gasteiger partial charge in [-0.2, -0.15) is 0 Å². The second kappa shape index (κ2) is 10.5. The number of hydrogen-bond acceptors (Lipinski definition) is 7. The van der Waals surface area contributed by atoms with Crippen LogP contribution >= 0.6 is 0 Å². The number of nitro groups is 1. The maximum atomic E-state index is 13.0. The number of rotatable bonds is 11. The highest BCUT2D eigenvalue weighted by atomic mass is 32.2. The van der Waals surface area contributed by atoms with E-state index in [1.807, 2.05) is 27.7 Å². The molecule has 1 unspecified atom stereocenters. The zero-order chi connectivity index (χ0) is 23.2. The topological polar surface area (TPSA) is 117 Å². The quantitative estimate of drug-likeness (QED) is 0.403. The summed E-state index contributed by atoms with van der Waals surface area (Å²) in [5.74, 6) is 0.962. The predicted molar refractivity (Wildman–Crippen MR) is 116 cm³/mol. The molecule has 0 saturated heterocycles. The van der Waals surface area contributed by atoms with E-state index in [1.54, 1.807) is 18.2 Å².